The summed E-state index contributed by atoms with van der Waals surface area (Å²) in [5, 5.41) is 25.5. The van der Waals surface area contributed by atoms with Crippen LogP contribution in [0.25, 0.3) is 0 Å². The van der Waals surface area contributed by atoms with E-state index < -0.39 is 4.92 Å². The summed E-state index contributed by atoms with van der Waals surface area (Å²) in [4.78, 5) is 22.3. The van der Waals surface area contributed by atoms with Gasteiger partial charge in [0.15, 0.2) is 11.0 Å². The van der Waals surface area contributed by atoms with Crippen molar-refractivity contribution in [1.82, 2.24) is 14.8 Å². The first-order valence-corrected chi connectivity index (χ1v) is 9.88. The molecule has 3 rings (SSSR count). The fraction of sp³-hybridized carbons (Fsp3) is 0.211. The van der Waals surface area contributed by atoms with E-state index in [0.29, 0.717) is 17.4 Å². The number of thioether (sulfide) groups is 1. The second-order valence-corrected chi connectivity index (χ2v) is 7.12. The van der Waals surface area contributed by atoms with Gasteiger partial charge in [-0.3, -0.25) is 14.9 Å². The molecule has 156 valence electrons. The summed E-state index contributed by atoms with van der Waals surface area (Å²) in [5.74, 6) is 1.40. The topological polar surface area (TPSA) is 124 Å². The van der Waals surface area contributed by atoms with Crippen molar-refractivity contribution in [2.75, 3.05) is 23.5 Å². The van der Waals surface area contributed by atoms with Crippen molar-refractivity contribution in [3.63, 3.8) is 0 Å². The number of anilines is 2. The smallest absolute Gasteiger partial charge is 0.269 e. The van der Waals surface area contributed by atoms with Crippen LogP contribution < -0.4 is 15.4 Å². The van der Waals surface area contributed by atoms with Crippen LogP contribution in [-0.2, 0) is 18.4 Å². The van der Waals surface area contributed by atoms with Gasteiger partial charge in [0.2, 0.25) is 5.91 Å². The van der Waals surface area contributed by atoms with E-state index in [-0.39, 0.29) is 17.3 Å². The number of nitro groups is 1. The minimum Gasteiger partial charge on any atom is -0.497 e. The van der Waals surface area contributed by atoms with Crippen molar-refractivity contribution in [3.05, 3.63) is 64.5 Å². The first-order valence-electron chi connectivity index (χ1n) is 8.89. The molecule has 2 N–H and O–H groups in total. The number of carbonyl (C=O) groups excluding carboxylic acids is 1. The van der Waals surface area contributed by atoms with Crippen molar-refractivity contribution in [1.29, 1.82) is 0 Å². The number of non-ortho nitro benzene ring substituents is 1. The van der Waals surface area contributed by atoms with E-state index in [1.54, 1.807) is 7.11 Å². The molecule has 1 aromatic heterocycles. The number of amides is 1. The van der Waals surface area contributed by atoms with Gasteiger partial charge >= 0.3 is 0 Å². The number of nitrogens with zero attached hydrogens (tertiary/aromatic N) is 4. The van der Waals surface area contributed by atoms with E-state index in [0.717, 1.165) is 17.3 Å². The van der Waals surface area contributed by atoms with Crippen molar-refractivity contribution in [2.24, 2.45) is 7.05 Å². The number of aromatic nitrogens is 3. The second kappa shape index (κ2) is 9.74. The first-order chi connectivity index (χ1) is 14.5. The molecule has 0 aliphatic rings. The lowest BCUT2D eigenvalue weighted by atomic mass is 10.3. The van der Waals surface area contributed by atoms with Crippen LogP contribution in [0, 0.1) is 10.1 Å². The van der Waals surface area contributed by atoms with Crippen molar-refractivity contribution >= 4 is 34.7 Å². The highest BCUT2D eigenvalue weighted by atomic mass is 32.2. The minimum absolute atomic E-state index is 0.0303. The molecule has 3 aromatic rings. The van der Waals surface area contributed by atoms with Crippen LogP contribution in [0.4, 0.5) is 17.1 Å². The largest absolute Gasteiger partial charge is 0.497 e. The molecule has 1 amide bonds. The molecule has 0 bridgehead atoms. The fourth-order valence-electron chi connectivity index (χ4n) is 2.51. The molecule has 0 spiro atoms. The van der Waals surface area contributed by atoms with Gasteiger partial charge in [-0.2, -0.15) is 0 Å². The molecule has 1 heterocycles. The SMILES string of the molecule is COc1ccc(NCc2nnc(SCC(=O)Nc3ccc([N+](=O)[O-])cc3)n2C)cc1. The fourth-order valence-corrected chi connectivity index (χ4v) is 3.24. The Kier molecular flexibility index (Phi) is 6.86. The molecule has 0 saturated carbocycles. The molecule has 0 aliphatic carbocycles. The number of methoxy groups -OCH3 is 1. The Bertz CT molecular complexity index is 1020. The minimum atomic E-state index is -0.489. The summed E-state index contributed by atoms with van der Waals surface area (Å²) in [6.45, 7) is 0.478. The van der Waals surface area contributed by atoms with Gasteiger partial charge in [-0.25, -0.2) is 0 Å². The zero-order valence-electron chi connectivity index (χ0n) is 16.4. The van der Waals surface area contributed by atoms with Crippen molar-refractivity contribution in [3.8, 4) is 5.75 Å². The van der Waals surface area contributed by atoms with Gasteiger partial charge in [-0.05, 0) is 36.4 Å². The number of nitrogens with one attached hydrogen (secondary N) is 2. The Labute approximate surface area is 176 Å². The van der Waals surface area contributed by atoms with E-state index in [1.165, 1.54) is 36.0 Å². The zero-order valence-corrected chi connectivity index (χ0v) is 17.2. The van der Waals surface area contributed by atoms with E-state index in [2.05, 4.69) is 20.8 Å². The number of carbonyl (C=O) groups is 1. The lowest BCUT2D eigenvalue weighted by Gasteiger charge is -2.08. The van der Waals surface area contributed by atoms with Crippen LogP contribution in [0.3, 0.4) is 0 Å². The highest BCUT2D eigenvalue weighted by Gasteiger charge is 2.12. The normalized spacial score (nSPS) is 10.5. The number of hydrogen-bond donors (Lipinski definition) is 2. The molecular weight excluding hydrogens is 408 g/mol. The van der Waals surface area contributed by atoms with Crippen LogP contribution in [-0.4, -0.2) is 38.5 Å². The highest BCUT2D eigenvalue weighted by molar-refractivity contribution is 7.99. The summed E-state index contributed by atoms with van der Waals surface area (Å²) in [6.07, 6.45) is 0. The molecule has 0 unspecified atom stereocenters. The molecule has 2 aromatic carbocycles. The Morgan fingerprint density at radius 3 is 2.43 bits per heavy atom. The highest BCUT2D eigenvalue weighted by Crippen LogP contribution is 2.19. The monoisotopic (exact) mass is 428 g/mol. The number of nitro benzene ring substituents is 1. The van der Waals surface area contributed by atoms with Gasteiger partial charge in [0.1, 0.15) is 5.75 Å². The summed E-state index contributed by atoms with van der Waals surface area (Å²) < 4.78 is 6.96. The molecule has 0 fully saturated rings. The summed E-state index contributed by atoms with van der Waals surface area (Å²) in [5.41, 5.74) is 1.39. The summed E-state index contributed by atoms with van der Waals surface area (Å²) in [7, 11) is 3.45. The maximum absolute atomic E-state index is 12.1. The number of ether oxygens (including phenoxy) is 1. The van der Waals surface area contributed by atoms with E-state index >= 15 is 0 Å². The third kappa shape index (κ3) is 5.47. The average molecular weight is 428 g/mol. The molecule has 0 aliphatic heterocycles. The van der Waals surface area contributed by atoms with Gasteiger partial charge in [-0.15, -0.1) is 10.2 Å². The lowest BCUT2D eigenvalue weighted by Crippen LogP contribution is -2.14. The predicted octanol–water partition coefficient (Wildman–Crippen LogP) is 3.07. The molecule has 11 heteroatoms. The zero-order chi connectivity index (χ0) is 21.5. The first kappa shape index (κ1) is 21.1. The van der Waals surface area contributed by atoms with Crippen LogP contribution in [0.1, 0.15) is 5.82 Å². The third-order valence-electron chi connectivity index (χ3n) is 4.16. The molecule has 0 radical (unpaired) electrons. The van der Waals surface area contributed by atoms with Crippen molar-refractivity contribution < 1.29 is 14.5 Å². The molecule has 10 nitrogen and oxygen atoms in total. The van der Waals surface area contributed by atoms with E-state index in [9.17, 15) is 14.9 Å². The number of hydrogen-bond acceptors (Lipinski definition) is 8. The maximum Gasteiger partial charge on any atom is 0.269 e. The number of rotatable bonds is 9. The third-order valence-corrected chi connectivity index (χ3v) is 5.18. The van der Waals surface area contributed by atoms with Gasteiger partial charge in [0.05, 0.1) is 24.3 Å². The molecule has 30 heavy (non-hydrogen) atoms. The maximum atomic E-state index is 12.1. The molecular formula is C19H20N6O4S. The average Bonchev–Trinajstić information content (AvgIpc) is 3.11. The Morgan fingerprint density at radius 1 is 1.13 bits per heavy atom. The van der Waals surface area contributed by atoms with Crippen LogP contribution in [0.15, 0.2) is 53.7 Å². The lowest BCUT2D eigenvalue weighted by molar-refractivity contribution is -0.384. The van der Waals surface area contributed by atoms with Crippen LogP contribution in [0.5, 0.6) is 5.75 Å². The van der Waals surface area contributed by atoms with E-state index in [4.69, 9.17) is 4.74 Å². The summed E-state index contributed by atoms with van der Waals surface area (Å²) >= 11 is 1.25. The van der Waals surface area contributed by atoms with Gasteiger partial charge in [0.25, 0.3) is 5.69 Å². The Hall–Kier alpha value is -3.60. The van der Waals surface area contributed by atoms with Crippen LogP contribution in [0.2, 0.25) is 0 Å². The van der Waals surface area contributed by atoms with Crippen LogP contribution >= 0.6 is 11.8 Å². The quantitative estimate of drug-likeness (QED) is 0.303. The Balaban J connectivity index is 1.50. The standard InChI is InChI=1S/C19H20N6O4S/c1-24-17(11-20-13-5-9-16(29-2)10-6-13)22-23-19(24)30-12-18(26)21-14-3-7-15(8-4-14)25(27)28/h3-10,20H,11-12H2,1-2H3,(H,21,26). The second-order valence-electron chi connectivity index (χ2n) is 6.18. The number of benzene rings is 2. The Morgan fingerprint density at radius 2 is 1.80 bits per heavy atom. The summed E-state index contributed by atoms with van der Waals surface area (Å²) in [6, 6.07) is 13.2. The van der Waals surface area contributed by atoms with Gasteiger partial charge in [0, 0.05) is 30.6 Å². The van der Waals surface area contributed by atoms with Crippen molar-refractivity contribution in [2.45, 2.75) is 11.7 Å². The molecule has 0 atom stereocenters. The molecule has 0 saturated heterocycles. The van der Waals surface area contributed by atoms with Gasteiger partial charge in [-0.1, -0.05) is 11.8 Å². The van der Waals surface area contributed by atoms with Gasteiger partial charge < -0.3 is 19.9 Å². The predicted molar refractivity (Wildman–Crippen MR) is 114 cm³/mol. The van der Waals surface area contributed by atoms with E-state index in [1.807, 2.05) is 35.9 Å².